The molecule has 2 fully saturated rings. The van der Waals surface area contributed by atoms with Gasteiger partial charge in [-0.05, 0) is 37.8 Å². The third kappa shape index (κ3) is 1.48. The van der Waals surface area contributed by atoms with Crippen molar-refractivity contribution in [3.05, 3.63) is 18.0 Å². The molecule has 1 unspecified atom stereocenters. The van der Waals surface area contributed by atoms with Crippen LogP contribution in [0.25, 0.3) is 0 Å². The second kappa shape index (κ2) is 3.42. The van der Waals surface area contributed by atoms with Crippen LogP contribution in [0.1, 0.15) is 29.6 Å². The van der Waals surface area contributed by atoms with Crippen molar-refractivity contribution in [2.45, 2.75) is 19.3 Å². The summed E-state index contributed by atoms with van der Waals surface area (Å²) in [5, 5.41) is 7.42. The van der Waals surface area contributed by atoms with E-state index in [0.29, 0.717) is 11.2 Å². The van der Waals surface area contributed by atoms with Gasteiger partial charge >= 0.3 is 0 Å². The number of nitrogens with zero attached hydrogens (tertiary/aromatic N) is 2. The average molecular weight is 219 g/mol. The van der Waals surface area contributed by atoms with E-state index in [1.54, 1.807) is 10.9 Å². The zero-order valence-electron chi connectivity index (χ0n) is 9.57. The molecule has 1 aromatic rings. The molecule has 1 atom stereocenters. The third-order valence-corrected chi connectivity index (χ3v) is 4.09. The molecule has 2 heterocycles. The van der Waals surface area contributed by atoms with Gasteiger partial charge in [-0.1, -0.05) is 0 Å². The van der Waals surface area contributed by atoms with Gasteiger partial charge in [0.05, 0.1) is 11.8 Å². The van der Waals surface area contributed by atoms with Gasteiger partial charge in [-0.25, -0.2) is 0 Å². The van der Waals surface area contributed by atoms with Gasteiger partial charge in [0, 0.05) is 19.2 Å². The Hall–Kier alpha value is -1.16. The summed E-state index contributed by atoms with van der Waals surface area (Å²) in [7, 11) is 1.85. The van der Waals surface area contributed by atoms with E-state index >= 15 is 0 Å². The Morgan fingerprint density at radius 1 is 1.56 bits per heavy atom. The molecular weight excluding hydrogens is 202 g/mol. The van der Waals surface area contributed by atoms with E-state index in [1.807, 2.05) is 13.2 Å². The van der Waals surface area contributed by atoms with Crippen LogP contribution in [0.5, 0.6) is 0 Å². The SMILES string of the molecule is Cn1cc(C(=O)C2CC23CCNCC3)cn1. The van der Waals surface area contributed by atoms with Crippen molar-refractivity contribution in [3.8, 4) is 0 Å². The van der Waals surface area contributed by atoms with E-state index < -0.39 is 0 Å². The largest absolute Gasteiger partial charge is 0.317 e. The standard InChI is InChI=1S/C12H17N3O/c1-15-8-9(7-14-15)11(16)10-6-12(10)2-4-13-5-3-12/h7-8,10,13H,2-6H2,1H3. The van der Waals surface area contributed by atoms with Gasteiger partial charge < -0.3 is 5.32 Å². The molecule has 1 aromatic heterocycles. The second-order valence-corrected chi connectivity index (χ2v) is 5.14. The lowest BCUT2D eigenvalue weighted by Crippen LogP contribution is -2.30. The van der Waals surface area contributed by atoms with E-state index in [9.17, 15) is 4.79 Å². The van der Waals surface area contributed by atoms with Gasteiger partial charge in [0.2, 0.25) is 0 Å². The number of hydrogen-bond acceptors (Lipinski definition) is 3. The fourth-order valence-electron chi connectivity index (χ4n) is 2.95. The quantitative estimate of drug-likeness (QED) is 0.755. The molecule has 1 N–H and O–H groups in total. The Labute approximate surface area is 95.0 Å². The number of carbonyl (C=O) groups excluding carboxylic acids is 1. The first-order valence-electron chi connectivity index (χ1n) is 5.95. The average Bonchev–Trinajstić information content (AvgIpc) is 2.79. The Balaban J connectivity index is 1.74. The monoisotopic (exact) mass is 219 g/mol. The van der Waals surface area contributed by atoms with Gasteiger partial charge in [-0.2, -0.15) is 5.10 Å². The second-order valence-electron chi connectivity index (χ2n) is 5.14. The van der Waals surface area contributed by atoms with Crippen molar-refractivity contribution in [3.63, 3.8) is 0 Å². The molecular formula is C12H17N3O. The molecule has 0 radical (unpaired) electrons. The summed E-state index contributed by atoms with van der Waals surface area (Å²) in [5.74, 6) is 0.564. The molecule has 2 aliphatic rings. The van der Waals surface area contributed by atoms with Crippen molar-refractivity contribution in [2.75, 3.05) is 13.1 Å². The molecule has 0 bridgehead atoms. The number of Topliss-reactive ketones (excluding diaryl/α,β-unsaturated/α-hetero) is 1. The number of ketones is 1. The normalized spacial score (nSPS) is 26.9. The van der Waals surface area contributed by atoms with Gasteiger partial charge in [0.15, 0.2) is 5.78 Å². The minimum atomic E-state index is 0.263. The first-order chi connectivity index (χ1) is 7.71. The number of aromatic nitrogens is 2. The van der Waals surface area contributed by atoms with E-state index in [1.165, 1.54) is 0 Å². The maximum atomic E-state index is 12.2. The fourth-order valence-corrected chi connectivity index (χ4v) is 2.95. The number of rotatable bonds is 2. The molecule has 1 saturated heterocycles. The zero-order chi connectivity index (χ0) is 11.2. The molecule has 16 heavy (non-hydrogen) atoms. The van der Waals surface area contributed by atoms with Crippen LogP contribution in [0.15, 0.2) is 12.4 Å². The number of piperidine rings is 1. The highest BCUT2D eigenvalue weighted by Gasteiger charge is 2.57. The van der Waals surface area contributed by atoms with E-state index in [2.05, 4.69) is 10.4 Å². The molecule has 1 aliphatic heterocycles. The van der Waals surface area contributed by atoms with Crippen LogP contribution >= 0.6 is 0 Å². The molecule has 1 spiro atoms. The van der Waals surface area contributed by atoms with E-state index in [4.69, 9.17) is 0 Å². The van der Waals surface area contributed by atoms with Gasteiger partial charge in [-0.15, -0.1) is 0 Å². The summed E-state index contributed by atoms with van der Waals surface area (Å²) in [4.78, 5) is 12.2. The van der Waals surface area contributed by atoms with Crippen LogP contribution in [-0.2, 0) is 7.05 Å². The molecule has 1 aliphatic carbocycles. The van der Waals surface area contributed by atoms with Crippen molar-refractivity contribution in [1.29, 1.82) is 0 Å². The number of carbonyl (C=O) groups is 1. The fraction of sp³-hybridized carbons (Fsp3) is 0.667. The van der Waals surface area contributed by atoms with Crippen molar-refractivity contribution in [2.24, 2.45) is 18.4 Å². The molecule has 0 aromatic carbocycles. The number of nitrogens with one attached hydrogen (secondary N) is 1. The van der Waals surface area contributed by atoms with Crippen molar-refractivity contribution < 1.29 is 4.79 Å². The van der Waals surface area contributed by atoms with Crippen LogP contribution < -0.4 is 5.32 Å². The van der Waals surface area contributed by atoms with E-state index in [-0.39, 0.29) is 5.92 Å². The minimum absolute atomic E-state index is 0.263. The van der Waals surface area contributed by atoms with E-state index in [0.717, 1.165) is 37.9 Å². The molecule has 4 nitrogen and oxygen atoms in total. The Morgan fingerprint density at radius 2 is 2.31 bits per heavy atom. The van der Waals surface area contributed by atoms with Crippen LogP contribution in [0.3, 0.4) is 0 Å². The summed E-state index contributed by atoms with van der Waals surface area (Å²) >= 11 is 0. The summed E-state index contributed by atoms with van der Waals surface area (Å²) in [6, 6.07) is 0. The smallest absolute Gasteiger partial charge is 0.169 e. The van der Waals surface area contributed by atoms with Crippen LogP contribution in [-0.4, -0.2) is 28.7 Å². The van der Waals surface area contributed by atoms with Gasteiger partial charge in [0.1, 0.15) is 0 Å². The highest BCUT2D eigenvalue weighted by Crippen LogP contribution is 2.59. The van der Waals surface area contributed by atoms with Crippen LogP contribution in [0, 0.1) is 11.3 Å². The Bertz CT molecular complexity index is 418. The predicted octanol–water partition coefficient (Wildman–Crippen LogP) is 0.993. The van der Waals surface area contributed by atoms with Crippen molar-refractivity contribution in [1.82, 2.24) is 15.1 Å². The lowest BCUT2D eigenvalue weighted by molar-refractivity contribution is 0.0940. The number of aryl methyl sites for hydroxylation is 1. The number of hydrogen-bond donors (Lipinski definition) is 1. The molecule has 1 saturated carbocycles. The lowest BCUT2D eigenvalue weighted by atomic mass is 9.90. The topological polar surface area (TPSA) is 46.9 Å². The molecule has 4 heteroatoms. The maximum Gasteiger partial charge on any atom is 0.169 e. The first kappa shape index (κ1) is 10.0. The predicted molar refractivity (Wildman–Crippen MR) is 60.2 cm³/mol. The summed E-state index contributed by atoms with van der Waals surface area (Å²) in [6.45, 7) is 2.13. The maximum absolute atomic E-state index is 12.2. The lowest BCUT2D eigenvalue weighted by Gasteiger charge is -2.22. The van der Waals surface area contributed by atoms with Crippen LogP contribution in [0.4, 0.5) is 0 Å². The van der Waals surface area contributed by atoms with Crippen LogP contribution in [0.2, 0.25) is 0 Å². The highest BCUT2D eigenvalue weighted by atomic mass is 16.1. The van der Waals surface area contributed by atoms with Crippen molar-refractivity contribution >= 4 is 5.78 Å². The molecule has 0 amide bonds. The Kier molecular flexibility index (Phi) is 2.14. The highest BCUT2D eigenvalue weighted by molar-refractivity contribution is 5.99. The van der Waals surface area contributed by atoms with Gasteiger partial charge in [-0.3, -0.25) is 9.48 Å². The molecule has 86 valence electrons. The summed E-state index contributed by atoms with van der Waals surface area (Å²) in [6.07, 6.45) is 6.92. The molecule has 3 rings (SSSR count). The summed E-state index contributed by atoms with van der Waals surface area (Å²) < 4.78 is 1.70. The zero-order valence-corrected chi connectivity index (χ0v) is 9.57. The van der Waals surface area contributed by atoms with Gasteiger partial charge in [0.25, 0.3) is 0 Å². The first-order valence-corrected chi connectivity index (χ1v) is 5.95. The summed E-state index contributed by atoms with van der Waals surface area (Å²) in [5.41, 5.74) is 1.11. The Morgan fingerprint density at radius 3 is 2.94 bits per heavy atom. The minimum Gasteiger partial charge on any atom is -0.317 e. The third-order valence-electron chi connectivity index (χ3n) is 4.09.